The van der Waals surface area contributed by atoms with Crippen molar-refractivity contribution in [3.63, 3.8) is 0 Å². The van der Waals surface area contributed by atoms with Gasteiger partial charge in [-0.2, -0.15) is 15.0 Å². The molecule has 0 saturated heterocycles. The van der Waals surface area contributed by atoms with Gasteiger partial charge in [-0.05, 0) is 110 Å². The quantitative estimate of drug-likeness (QED) is 0.0565. The zero-order valence-electron chi connectivity index (χ0n) is 39.3. The van der Waals surface area contributed by atoms with Gasteiger partial charge in [0.05, 0.1) is 6.04 Å². The molecule has 0 amide bonds. The molecule has 0 unspecified atom stereocenters. The number of aromatic nitrogens is 3. The van der Waals surface area contributed by atoms with Crippen LogP contribution in [0.3, 0.4) is 0 Å². The number of hydrogen-bond acceptors (Lipinski definition) is 14. The smallest absolute Gasteiger partial charge is 0.323 e. The van der Waals surface area contributed by atoms with Crippen molar-refractivity contribution < 1.29 is 42.8 Å². The van der Waals surface area contributed by atoms with E-state index in [0.717, 1.165) is 16.7 Å². The fraction of sp³-hybridized carbons (Fsp3) is 0.451. The van der Waals surface area contributed by atoms with Crippen LogP contribution in [0.2, 0.25) is 0 Å². The summed E-state index contributed by atoms with van der Waals surface area (Å²) in [6, 6.07) is 25.1. The van der Waals surface area contributed by atoms with Crippen LogP contribution in [0.25, 0.3) is 0 Å². The lowest BCUT2D eigenvalue weighted by molar-refractivity contribution is -0.155. The van der Waals surface area contributed by atoms with E-state index in [1.165, 1.54) is 0 Å². The van der Waals surface area contributed by atoms with Gasteiger partial charge in [-0.3, -0.25) is 14.4 Å². The Kier molecular flexibility index (Phi) is 17.1. The number of benzene rings is 3. The molecule has 4 aromatic rings. The highest BCUT2D eigenvalue weighted by atomic mass is 16.6. The Bertz CT molecular complexity index is 2090. The van der Waals surface area contributed by atoms with E-state index in [2.05, 4.69) is 15.6 Å². The minimum Gasteiger partial charge on any atom is -0.489 e. The second kappa shape index (κ2) is 22.5. The number of nitrogens with zero attached hydrogens (tertiary/aromatic N) is 3. The van der Waals surface area contributed by atoms with E-state index in [0.29, 0.717) is 24.7 Å². The lowest BCUT2D eigenvalue weighted by Crippen LogP contribution is -2.42. The Morgan fingerprint density at radius 3 is 1.37 bits per heavy atom. The van der Waals surface area contributed by atoms with Gasteiger partial charge in [0.25, 0.3) is 0 Å². The Morgan fingerprint density at radius 1 is 0.523 bits per heavy atom. The van der Waals surface area contributed by atoms with Gasteiger partial charge in [0.2, 0.25) is 11.9 Å². The maximum Gasteiger partial charge on any atom is 0.323 e. The van der Waals surface area contributed by atoms with Crippen LogP contribution in [0, 0.1) is 0 Å². The molecule has 2 N–H and O–H groups in total. The predicted molar refractivity (Wildman–Crippen MR) is 249 cm³/mol. The number of esters is 3. The van der Waals surface area contributed by atoms with Gasteiger partial charge in [-0.15, -0.1) is 0 Å². The summed E-state index contributed by atoms with van der Waals surface area (Å²) >= 11 is 0. The van der Waals surface area contributed by atoms with Crippen LogP contribution >= 0.6 is 0 Å². The number of nitrogens with one attached hydrogen (secondary N) is 2. The van der Waals surface area contributed by atoms with Crippen LogP contribution in [0.4, 0.5) is 11.9 Å². The highest BCUT2D eigenvalue weighted by Gasteiger charge is 2.36. The number of anilines is 2. The molecule has 0 fully saturated rings. The molecule has 0 spiro atoms. The Hall–Kier alpha value is -6.44. The highest BCUT2D eigenvalue weighted by Crippen LogP contribution is 2.33. The average Bonchev–Trinajstić information content (AvgIpc) is 3.74. The molecule has 14 heteroatoms. The zero-order chi connectivity index (χ0) is 47.1. The summed E-state index contributed by atoms with van der Waals surface area (Å²) < 4.78 is 35.9. The first kappa shape index (κ1) is 49.6. The van der Waals surface area contributed by atoms with Crippen molar-refractivity contribution in [2.45, 2.75) is 149 Å². The van der Waals surface area contributed by atoms with Crippen LogP contribution in [0.1, 0.15) is 118 Å². The molecule has 1 heterocycles. The number of ether oxygens (including phenoxy) is 6. The first-order chi connectivity index (χ1) is 30.7. The molecule has 14 nitrogen and oxygen atoms in total. The first-order valence-electron chi connectivity index (χ1n) is 22.1. The third kappa shape index (κ3) is 18.7. The molecule has 1 aliphatic carbocycles. The summed E-state index contributed by atoms with van der Waals surface area (Å²) in [7, 11) is 0. The minimum absolute atomic E-state index is 0.0151. The average molecular weight is 892 g/mol. The van der Waals surface area contributed by atoms with Crippen LogP contribution in [-0.4, -0.2) is 61.2 Å². The molecule has 348 valence electrons. The Balaban J connectivity index is 1.48. The monoisotopic (exact) mass is 891 g/mol. The standard InChI is InChI=1S/C51H65N5O9/c1-48(2,3)63-42(57)24-27-51(28-25-43(58)64-49(4,5)6,29-26-44(59)65-50(7,8)9)56-46-53-45(52-39-22-16-17-23-39)54-47(55-46)62-35-38-30-40(60-33-36-18-12-10-13-19-36)32-41(31-38)61-34-37-20-14-11-15-21-37/h10-23,30-32,39H,24-29,33-35H2,1-9H3,(H2,52,53,54,55,56). The van der Waals surface area contributed by atoms with Gasteiger partial charge in [0.15, 0.2) is 0 Å². The van der Waals surface area contributed by atoms with Gasteiger partial charge in [-0.1, -0.05) is 85.0 Å². The van der Waals surface area contributed by atoms with Gasteiger partial charge < -0.3 is 39.1 Å². The van der Waals surface area contributed by atoms with E-state index in [1.807, 2.05) is 103 Å². The van der Waals surface area contributed by atoms with Crippen molar-refractivity contribution in [3.8, 4) is 17.5 Å². The number of allylic oxidation sites excluding steroid dienone is 2. The number of hydrogen-bond donors (Lipinski definition) is 2. The molecule has 65 heavy (non-hydrogen) atoms. The van der Waals surface area contributed by atoms with E-state index in [9.17, 15) is 14.4 Å². The molecule has 0 bridgehead atoms. The van der Waals surface area contributed by atoms with Crippen molar-refractivity contribution >= 4 is 29.8 Å². The SMILES string of the molecule is CC(C)(C)OC(=O)CCC(CCC(=O)OC(C)(C)C)(CCC(=O)OC(C)(C)C)Nc1nc(NC2C=CC=C2)nc(OCc2cc(OCc3ccccc3)cc(OCc3ccccc3)c2)n1. The summed E-state index contributed by atoms with van der Waals surface area (Å²) in [5.74, 6) is 0.135. The van der Waals surface area contributed by atoms with Gasteiger partial charge in [-0.25, -0.2) is 0 Å². The van der Waals surface area contributed by atoms with Crippen LogP contribution in [-0.2, 0) is 48.4 Å². The van der Waals surface area contributed by atoms with Crippen molar-refractivity contribution in [1.82, 2.24) is 15.0 Å². The molecule has 1 aromatic heterocycles. The van der Waals surface area contributed by atoms with Crippen LogP contribution in [0.15, 0.2) is 103 Å². The largest absolute Gasteiger partial charge is 0.489 e. The number of carbonyl (C=O) groups excluding carboxylic acids is 3. The lowest BCUT2D eigenvalue weighted by Gasteiger charge is -2.36. The molecule has 0 radical (unpaired) electrons. The van der Waals surface area contributed by atoms with E-state index in [-0.39, 0.29) is 69.1 Å². The van der Waals surface area contributed by atoms with Crippen LogP contribution < -0.4 is 24.8 Å². The van der Waals surface area contributed by atoms with Gasteiger partial charge >= 0.3 is 23.9 Å². The van der Waals surface area contributed by atoms with Crippen molar-refractivity contribution in [3.05, 3.63) is 120 Å². The molecule has 0 atom stereocenters. The van der Waals surface area contributed by atoms with Gasteiger partial charge in [0, 0.05) is 30.9 Å². The van der Waals surface area contributed by atoms with Crippen molar-refractivity contribution in [2.75, 3.05) is 10.6 Å². The van der Waals surface area contributed by atoms with E-state index < -0.39 is 40.2 Å². The maximum absolute atomic E-state index is 13.3. The summed E-state index contributed by atoms with van der Waals surface area (Å²) in [5.41, 5.74) is -0.559. The first-order valence-corrected chi connectivity index (χ1v) is 22.1. The summed E-state index contributed by atoms with van der Waals surface area (Å²) in [6.45, 7) is 16.9. The van der Waals surface area contributed by atoms with E-state index in [1.54, 1.807) is 62.3 Å². The number of carbonyl (C=O) groups is 3. The third-order valence-corrected chi connectivity index (χ3v) is 9.52. The predicted octanol–water partition coefficient (Wildman–Crippen LogP) is 10.0. The lowest BCUT2D eigenvalue weighted by atomic mass is 9.83. The summed E-state index contributed by atoms with van der Waals surface area (Å²) in [5, 5.41) is 6.75. The fourth-order valence-corrected chi connectivity index (χ4v) is 6.73. The molecule has 3 aromatic carbocycles. The normalized spacial score (nSPS) is 12.9. The Labute approximate surface area is 383 Å². The van der Waals surface area contributed by atoms with Gasteiger partial charge in [0.1, 0.15) is 48.1 Å². The van der Waals surface area contributed by atoms with E-state index >= 15 is 0 Å². The molecule has 5 rings (SSSR count). The third-order valence-electron chi connectivity index (χ3n) is 9.52. The fourth-order valence-electron chi connectivity index (χ4n) is 6.73. The molecular weight excluding hydrogens is 827 g/mol. The topological polar surface area (TPSA) is 169 Å². The molecule has 1 aliphatic rings. The molecule has 0 saturated carbocycles. The van der Waals surface area contributed by atoms with Crippen molar-refractivity contribution in [2.24, 2.45) is 0 Å². The zero-order valence-corrected chi connectivity index (χ0v) is 39.3. The van der Waals surface area contributed by atoms with Crippen molar-refractivity contribution in [1.29, 1.82) is 0 Å². The summed E-state index contributed by atoms with van der Waals surface area (Å²) in [4.78, 5) is 53.9. The second-order valence-corrected chi connectivity index (χ2v) is 19.0. The van der Waals surface area contributed by atoms with E-state index in [4.69, 9.17) is 38.4 Å². The number of rotatable bonds is 22. The summed E-state index contributed by atoms with van der Waals surface area (Å²) in [6.07, 6.45) is 8.04. The van der Waals surface area contributed by atoms with Crippen LogP contribution in [0.5, 0.6) is 17.5 Å². The second-order valence-electron chi connectivity index (χ2n) is 19.0. The molecular formula is C51H65N5O9. The highest BCUT2D eigenvalue weighted by molar-refractivity contribution is 5.72. The maximum atomic E-state index is 13.3. The minimum atomic E-state index is -1.12. The Morgan fingerprint density at radius 2 is 0.938 bits per heavy atom. The molecule has 0 aliphatic heterocycles.